The number of ether oxygens (including phenoxy) is 1. The second kappa shape index (κ2) is 6.06. The smallest absolute Gasteiger partial charge is 0.129 e. The molecule has 1 aromatic heterocycles. The Morgan fingerprint density at radius 3 is 2.70 bits per heavy atom. The highest BCUT2D eigenvalue weighted by atomic mass is 32.1. The molecule has 2 nitrogen and oxygen atoms in total. The van der Waals surface area contributed by atoms with Crippen molar-refractivity contribution < 1.29 is 4.74 Å². The molecular formula is C17H17NOS. The molecule has 1 heterocycles. The molecule has 0 aliphatic rings. The van der Waals surface area contributed by atoms with Crippen LogP contribution in [0.15, 0.2) is 48.5 Å². The van der Waals surface area contributed by atoms with E-state index >= 15 is 0 Å². The number of hydrogen-bond donors (Lipinski definition) is 0. The Hall–Kier alpha value is -1.87. The number of rotatable bonds is 5. The lowest BCUT2D eigenvalue weighted by Crippen LogP contribution is -1.97. The van der Waals surface area contributed by atoms with E-state index in [0.29, 0.717) is 0 Å². The lowest BCUT2D eigenvalue weighted by atomic mass is 10.2. The molecule has 102 valence electrons. The summed E-state index contributed by atoms with van der Waals surface area (Å²) in [6, 6.07) is 16.4. The van der Waals surface area contributed by atoms with E-state index in [4.69, 9.17) is 9.72 Å². The molecule has 0 N–H and O–H groups in total. The molecule has 3 rings (SSSR count). The van der Waals surface area contributed by atoms with E-state index in [1.54, 1.807) is 11.3 Å². The zero-order valence-corrected chi connectivity index (χ0v) is 12.3. The number of nitrogens with zero attached hydrogens (tertiary/aromatic N) is 1. The standard InChI is InChI=1S/C17H17NOS/c1-2-3-12-19-15-10-6-4-8-13(15)17-18-14-9-5-7-11-16(14)20-17/h4-11H,2-3,12H2,1H3. The van der Waals surface area contributed by atoms with E-state index in [0.717, 1.165) is 41.3 Å². The third kappa shape index (κ3) is 2.68. The van der Waals surface area contributed by atoms with Crippen molar-refractivity contribution in [3.8, 4) is 16.3 Å². The number of para-hydroxylation sites is 2. The van der Waals surface area contributed by atoms with Crippen LogP contribution in [0, 0.1) is 0 Å². The highest BCUT2D eigenvalue weighted by Crippen LogP contribution is 2.35. The van der Waals surface area contributed by atoms with Gasteiger partial charge in [0.25, 0.3) is 0 Å². The predicted octanol–water partition coefficient (Wildman–Crippen LogP) is 5.14. The molecule has 0 amide bonds. The molecule has 2 aromatic carbocycles. The number of aromatic nitrogens is 1. The van der Waals surface area contributed by atoms with Gasteiger partial charge in [-0.1, -0.05) is 37.6 Å². The van der Waals surface area contributed by atoms with Crippen LogP contribution in [0.3, 0.4) is 0 Å². The van der Waals surface area contributed by atoms with Crippen LogP contribution in [0.4, 0.5) is 0 Å². The van der Waals surface area contributed by atoms with Gasteiger partial charge in [0, 0.05) is 0 Å². The fraction of sp³-hybridized carbons (Fsp3) is 0.235. The first kappa shape index (κ1) is 13.1. The van der Waals surface area contributed by atoms with Gasteiger partial charge >= 0.3 is 0 Å². The van der Waals surface area contributed by atoms with Crippen LogP contribution in [-0.4, -0.2) is 11.6 Å². The van der Waals surface area contributed by atoms with Crippen molar-refractivity contribution in [1.29, 1.82) is 0 Å². The minimum Gasteiger partial charge on any atom is -0.493 e. The maximum Gasteiger partial charge on any atom is 0.129 e. The molecule has 0 fully saturated rings. The Labute approximate surface area is 123 Å². The van der Waals surface area contributed by atoms with Crippen LogP contribution in [0.2, 0.25) is 0 Å². The van der Waals surface area contributed by atoms with Crippen molar-refractivity contribution in [2.24, 2.45) is 0 Å². The average Bonchev–Trinajstić information content (AvgIpc) is 2.92. The molecule has 0 saturated carbocycles. The van der Waals surface area contributed by atoms with Crippen LogP contribution >= 0.6 is 11.3 Å². The fourth-order valence-corrected chi connectivity index (χ4v) is 3.08. The monoisotopic (exact) mass is 283 g/mol. The minimum atomic E-state index is 0.762. The zero-order chi connectivity index (χ0) is 13.8. The molecule has 0 saturated heterocycles. The third-order valence-electron chi connectivity index (χ3n) is 3.17. The van der Waals surface area contributed by atoms with E-state index in [1.807, 2.05) is 30.3 Å². The summed E-state index contributed by atoms with van der Waals surface area (Å²) in [6.07, 6.45) is 2.22. The molecule has 0 atom stereocenters. The highest BCUT2D eigenvalue weighted by molar-refractivity contribution is 7.21. The summed E-state index contributed by atoms with van der Waals surface area (Å²) in [4.78, 5) is 4.71. The van der Waals surface area contributed by atoms with E-state index < -0.39 is 0 Å². The topological polar surface area (TPSA) is 22.1 Å². The summed E-state index contributed by atoms with van der Waals surface area (Å²) in [5.41, 5.74) is 2.14. The summed E-state index contributed by atoms with van der Waals surface area (Å²) in [5.74, 6) is 0.931. The number of unbranched alkanes of at least 4 members (excludes halogenated alkanes) is 1. The van der Waals surface area contributed by atoms with Crippen molar-refractivity contribution >= 4 is 21.6 Å². The molecule has 0 aliphatic carbocycles. The van der Waals surface area contributed by atoms with Gasteiger partial charge in [-0.05, 0) is 30.7 Å². The van der Waals surface area contributed by atoms with Gasteiger partial charge in [0.15, 0.2) is 0 Å². The molecule has 0 unspecified atom stereocenters. The van der Waals surface area contributed by atoms with Gasteiger partial charge in [0.1, 0.15) is 10.8 Å². The van der Waals surface area contributed by atoms with Crippen LogP contribution in [0.5, 0.6) is 5.75 Å². The molecular weight excluding hydrogens is 266 g/mol. The Morgan fingerprint density at radius 1 is 1.05 bits per heavy atom. The Bertz CT molecular complexity index is 672. The second-order valence-electron chi connectivity index (χ2n) is 4.68. The lowest BCUT2D eigenvalue weighted by molar-refractivity contribution is 0.310. The number of thiazole rings is 1. The van der Waals surface area contributed by atoms with Crippen molar-refractivity contribution in [3.63, 3.8) is 0 Å². The van der Waals surface area contributed by atoms with Gasteiger partial charge in [-0.25, -0.2) is 4.98 Å². The van der Waals surface area contributed by atoms with Crippen molar-refractivity contribution in [1.82, 2.24) is 4.98 Å². The summed E-state index contributed by atoms with van der Waals surface area (Å²) in [5, 5.41) is 1.03. The predicted molar refractivity (Wildman–Crippen MR) is 85.5 cm³/mol. The van der Waals surface area contributed by atoms with Crippen molar-refractivity contribution in [3.05, 3.63) is 48.5 Å². The molecule has 0 bridgehead atoms. The Morgan fingerprint density at radius 2 is 1.85 bits per heavy atom. The summed E-state index contributed by atoms with van der Waals surface area (Å²) in [6.45, 7) is 2.93. The normalized spacial score (nSPS) is 10.8. The number of hydrogen-bond acceptors (Lipinski definition) is 3. The first-order valence-electron chi connectivity index (χ1n) is 6.96. The maximum absolute atomic E-state index is 5.89. The number of fused-ring (bicyclic) bond motifs is 1. The van der Waals surface area contributed by atoms with Gasteiger partial charge in [-0.3, -0.25) is 0 Å². The van der Waals surface area contributed by atoms with Gasteiger partial charge in [-0.2, -0.15) is 0 Å². The zero-order valence-electron chi connectivity index (χ0n) is 11.5. The molecule has 3 aromatic rings. The molecule has 0 aliphatic heterocycles. The first-order valence-corrected chi connectivity index (χ1v) is 7.78. The Kier molecular flexibility index (Phi) is 3.97. The van der Waals surface area contributed by atoms with Gasteiger partial charge in [-0.15, -0.1) is 11.3 Å². The minimum absolute atomic E-state index is 0.762. The van der Waals surface area contributed by atoms with Gasteiger partial charge < -0.3 is 4.74 Å². The van der Waals surface area contributed by atoms with E-state index in [2.05, 4.69) is 25.1 Å². The van der Waals surface area contributed by atoms with Gasteiger partial charge in [0.2, 0.25) is 0 Å². The molecule has 0 radical (unpaired) electrons. The first-order chi connectivity index (χ1) is 9.88. The molecule has 3 heteroatoms. The Balaban J connectivity index is 1.96. The third-order valence-corrected chi connectivity index (χ3v) is 4.24. The maximum atomic E-state index is 5.89. The number of benzene rings is 2. The van der Waals surface area contributed by atoms with Crippen molar-refractivity contribution in [2.45, 2.75) is 19.8 Å². The van der Waals surface area contributed by atoms with Crippen LogP contribution in [0.1, 0.15) is 19.8 Å². The summed E-state index contributed by atoms with van der Waals surface area (Å²) < 4.78 is 7.11. The van der Waals surface area contributed by atoms with E-state index in [1.165, 1.54) is 4.70 Å². The van der Waals surface area contributed by atoms with E-state index in [-0.39, 0.29) is 0 Å². The van der Waals surface area contributed by atoms with E-state index in [9.17, 15) is 0 Å². The second-order valence-corrected chi connectivity index (χ2v) is 5.72. The SMILES string of the molecule is CCCCOc1ccccc1-c1nc2ccccc2s1. The highest BCUT2D eigenvalue weighted by Gasteiger charge is 2.10. The van der Waals surface area contributed by atoms with Gasteiger partial charge in [0.05, 0.1) is 22.4 Å². The van der Waals surface area contributed by atoms with Crippen LogP contribution in [0.25, 0.3) is 20.8 Å². The van der Waals surface area contributed by atoms with Crippen LogP contribution in [-0.2, 0) is 0 Å². The van der Waals surface area contributed by atoms with Crippen LogP contribution < -0.4 is 4.74 Å². The largest absolute Gasteiger partial charge is 0.493 e. The average molecular weight is 283 g/mol. The fourth-order valence-electron chi connectivity index (χ4n) is 2.08. The lowest BCUT2D eigenvalue weighted by Gasteiger charge is -2.08. The molecule has 0 spiro atoms. The van der Waals surface area contributed by atoms with Crippen molar-refractivity contribution in [2.75, 3.05) is 6.61 Å². The molecule has 20 heavy (non-hydrogen) atoms. The summed E-state index contributed by atoms with van der Waals surface area (Å²) in [7, 11) is 0. The summed E-state index contributed by atoms with van der Waals surface area (Å²) >= 11 is 1.71. The quantitative estimate of drug-likeness (QED) is 0.605.